The van der Waals surface area contributed by atoms with Gasteiger partial charge in [0.2, 0.25) is 10.6 Å². The molecule has 0 aromatic carbocycles. The number of nitrogens with zero attached hydrogens (tertiary/aromatic N) is 13. The maximum Gasteiger partial charge on any atom is 0.296 e. The first-order valence-electron chi connectivity index (χ1n) is 19.1. The Morgan fingerprint density at radius 3 is 1.18 bits per heavy atom. The van der Waals surface area contributed by atoms with E-state index in [1.165, 1.54) is 19.2 Å². The molecule has 38 heteroatoms. The monoisotopic (exact) mass is 983 g/mol. The molecule has 0 bridgehead atoms. The van der Waals surface area contributed by atoms with Gasteiger partial charge in [-0.2, -0.15) is 0 Å². The molecule has 0 N–H and O–H groups in total. The molecule has 0 unspecified atom stereocenters. The summed E-state index contributed by atoms with van der Waals surface area (Å²) in [6.45, 7) is 20.6. The molecular weight excluding hydrogens is 918 g/mol. The fourth-order valence-electron chi connectivity index (χ4n) is 2.78. The molecule has 1 aliphatic heterocycles. The van der Waals surface area contributed by atoms with E-state index in [1.807, 2.05) is 41.5 Å². The highest BCUT2D eigenvalue weighted by Gasteiger charge is 2.18. The Labute approximate surface area is 377 Å². The highest BCUT2D eigenvalue weighted by molar-refractivity contribution is 4.55. The first-order valence-corrected chi connectivity index (χ1v) is 19.1. The predicted molar refractivity (Wildman–Crippen MR) is 216 cm³/mol. The van der Waals surface area contributed by atoms with Crippen LogP contribution in [0.5, 0.6) is 0 Å². The zero-order valence-electron chi connectivity index (χ0n) is 38.9. The summed E-state index contributed by atoms with van der Waals surface area (Å²) >= 11 is 0. The molecule has 0 radical (unpaired) electrons. The van der Waals surface area contributed by atoms with Crippen LogP contribution in [0.2, 0.25) is 0 Å². The third-order valence-corrected chi connectivity index (χ3v) is 5.21. The van der Waals surface area contributed by atoms with Crippen LogP contribution in [0.4, 0.5) is 0 Å². The van der Waals surface area contributed by atoms with Gasteiger partial charge in [-0.1, -0.05) is 34.1 Å². The lowest BCUT2D eigenvalue weighted by molar-refractivity contribution is -0.849. The molecule has 0 spiro atoms. The van der Waals surface area contributed by atoms with Crippen LogP contribution in [0.15, 0.2) is 10.6 Å². The van der Waals surface area contributed by atoms with Crippen LogP contribution in [0.1, 0.15) is 101 Å². The van der Waals surface area contributed by atoms with Crippen molar-refractivity contribution >= 4 is 0 Å². The molecule has 66 heavy (non-hydrogen) atoms. The SMILES string of the molecule is CC(C)CO[N+](=O)[O-].CC(C)O[N+](=O)[O-].CC(O[N+](=O)[O-])O[N+](=O)[O-].CCCCO[N+](=O)[O-].CCCO[N+](=O)[O-].CCN(CC)/[N+]([O-])=N/OC.CCO[N+](=O)[O-].CO/N=[N+](\[O-])N1CCCC1. The molecule has 1 saturated heterocycles. The van der Waals surface area contributed by atoms with E-state index in [4.69, 9.17) is 0 Å². The van der Waals surface area contributed by atoms with Gasteiger partial charge in [0.1, 0.15) is 20.3 Å². The molecule has 0 aromatic heterocycles. The van der Waals surface area contributed by atoms with Crippen molar-refractivity contribution in [2.24, 2.45) is 16.5 Å². The van der Waals surface area contributed by atoms with Crippen molar-refractivity contribution in [3.63, 3.8) is 0 Å². The summed E-state index contributed by atoms with van der Waals surface area (Å²) in [5.74, 6) is 0.223. The van der Waals surface area contributed by atoms with Gasteiger partial charge in [0, 0.05) is 0 Å². The minimum absolute atomic E-state index is 0.132. The largest absolute Gasteiger partial charge is 0.569 e. The summed E-state index contributed by atoms with van der Waals surface area (Å²) in [5.41, 5.74) is 0. The van der Waals surface area contributed by atoms with Gasteiger partial charge in [-0.25, -0.2) is 0 Å². The maximum atomic E-state index is 10.8. The van der Waals surface area contributed by atoms with E-state index in [-0.39, 0.29) is 38.4 Å². The smallest absolute Gasteiger partial charge is 0.296 e. The Morgan fingerprint density at radius 1 is 0.545 bits per heavy atom. The molecule has 0 atom stereocenters. The lowest BCUT2D eigenvalue weighted by Gasteiger charge is -2.12. The quantitative estimate of drug-likeness (QED) is 0.0325. The fourth-order valence-corrected chi connectivity index (χ4v) is 2.78. The molecule has 0 aliphatic carbocycles. The number of hydrogen-bond acceptors (Lipinski definition) is 27. The molecule has 1 rings (SSSR count). The van der Waals surface area contributed by atoms with Crippen molar-refractivity contribution in [2.45, 2.75) is 114 Å². The summed E-state index contributed by atoms with van der Waals surface area (Å²) in [6, 6.07) is 0. The first kappa shape index (κ1) is 72.8. The lowest BCUT2D eigenvalue weighted by Crippen LogP contribution is -2.30. The third kappa shape index (κ3) is 80.4. The van der Waals surface area contributed by atoms with Gasteiger partial charge in [0.05, 0.1) is 62.5 Å². The average Bonchev–Trinajstić information content (AvgIpc) is 3.73. The van der Waals surface area contributed by atoms with E-state index in [0.29, 0.717) is 29.4 Å². The van der Waals surface area contributed by atoms with E-state index >= 15 is 0 Å². The van der Waals surface area contributed by atoms with Crippen LogP contribution < -0.4 is 0 Å². The van der Waals surface area contributed by atoms with Crippen molar-refractivity contribution in [3.05, 3.63) is 81.2 Å². The maximum absolute atomic E-state index is 10.8. The van der Waals surface area contributed by atoms with Gasteiger partial charge in [-0.3, -0.25) is 9.68 Å². The summed E-state index contributed by atoms with van der Waals surface area (Å²) in [6.07, 6.45) is 2.69. The van der Waals surface area contributed by atoms with Crippen molar-refractivity contribution in [3.8, 4) is 0 Å². The topological polar surface area (TPSA) is 468 Å². The molecule has 392 valence electrons. The normalized spacial score (nSPS) is 10.7. The van der Waals surface area contributed by atoms with E-state index in [1.54, 1.807) is 25.8 Å². The van der Waals surface area contributed by atoms with Gasteiger partial charge in [-0.15, -0.1) is 80.8 Å². The van der Waals surface area contributed by atoms with E-state index < -0.39 is 41.9 Å². The van der Waals surface area contributed by atoms with E-state index in [2.05, 4.69) is 54.1 Å². The first-order chi connectivity index (χ1) is 30.7. The standard InChI is InChI=1S/C5H11N3O2.C5H13N3O2.2C4H9NO3.2C3H7NO3.C2H4N2O6.C2H5NO3/c1-10-6-8(9)7-4-2-3-5-7;1-4-7(5-2)8(9)6-10-3;1-4(2)3-8-5(6)7;1-2-3-4-8-5(6)7;1-3(2)7-4(5)6;1-2-3-7-4(5)6;1-2(9-3(5)6)10-4(7)8;1-2-6-3(4)5/h2-5H2,1H3;4-5H2,1-3H3;4H,3H2,1-2H3;2-4H2,1H3;3H,1-2H3;2-3H2,1H3;2H,1H3;2H2,1H3/b2*8-6-;;;;;;. The molecular formula is C28H65N13O25. The zero-order valence-corrected chi connectivity index (χ0v) is 38.9. The molecule has 38 nitrogen and oxygen atoms in total. The van der Waals surface area contributed by atoms with E-state index in [0.717, 1.165) is 45.7 Å². The fraction of sp³-hybridized carbons (Fsp3) is 1.00. The van der Waals surface area contributed by atoms with Crippen LogP contribution in [-0.2, 0) is 43.5 Å². The van der Waals surface area contributed by atoms with Crippen molar-refractivity contribution in [2.75, 3.05) is 66.8 Å². The van der Waals surface area contributed by atoms with Crippen LogP contribution in [0.25, 0.3) is 0 Å². The third-order valence-electron chi connectivity index (χ3n) is 5.21. The van der Waals surface area contributed by atoms with Gasteiger partial charge in [0.15, 0.2) is 0 Å². The highest BCUT2D eigenvalue weighted by Crippen LogP contribution is 2.06. The molecule has 0 amide bonds. The Bertz CT molecular complexity index is 1260. The molecule has 1 aliphatic rings. The van der Waals surface area contributed by atoms with Gasteiger partial charge < -0.3 is 44.3 Å². The summed E-state index contributed by atoms with van der Waals surface area (Å²) in [4.78, 5) is 102. The summed E-state index contributed by atoms with van der Waals surface area (Å²) < 4.78 is 0. The molecule has 1 heterocycles. The minimum Gasteiger partial charge on any atom is -0.569 e. The second-order valence-corrected chi connectivity index (χ2v) is 11.5. The highest BCUT2D eigenvalue weighted by atomic mass is 17.0. The summed E-state index contributed by atoms with van der Waals surface area (Å²) in [5, 5.41) is 90.5. The van der Waals surface area contributed by atoms with Gasteiger partial charge in [0.25, 0.3) is 41.9 Å². The molecule has 1 fully saturated rings. The second-order valence-electron chi connectivity index (χ2n) is 11.5. The number of hydrazine groups is 2. The zero-order chi connectivity index (χ0) is 53.1. The van der Waals surface area contributed by atoms with Crippen molar-refractivity contribution < 1.29 is 89.1 Å². The average molecular weight is 984 g/mol. The predicted octanol–water partition coefficient (Wildman–Crippen LogP) is 4.31. The van der Waals surface area contributed by atoms with Crippen molar-refractivity contribution in [1.29, 1.82) is 0 Å². The van der Waals surface area contributed by atoms with Crippen LogP contribution in [0, 0.1) is 87.1 Å². The van der Waals surface area contributed by atoms with Gasteiger partial charge in [-0.05, 0) is 73.1 Å². The number of unbranched alkanes of at least 4 members (excludes halogenated alkanes) is 1. The van der Waals surface area contributed by atoms with Crippen LogP contribution in [-0.4, -0.2) is 135 Å². The Hall–Kier alpha value is -7.60. The van der Waals surface area contributed by atoms with Crippen molar-refractivity contribution in [1.82, 2.24) is 10.0 Å². The minimum atomic E-state index is -1.48. The Balaban J connectivity index is -0.000000121. The Morgan fingerprint density at radius 2 is 0.955 bits per heavy atom. The number of hydrogen-bond donors (Lipinski definition) is 0. The number of rotatable bonds is 24. The Kier molecular flexibility index (Phi) is 59.1. The lowest BCUT2D eigenvalue weighted by atomic mass is 10.2. The molecule has 0 aromatic rings. The van der Waals surface area contributed by atoms with Gasteiger partial charge >= 0.3 is 0 Å². The molecule has 0 saturated carbocycles. The van der Waals surface area contributed by atoms with Crippen LogP contribution in [0.3, 0.4) is 0 Å². The van der Waals surface area contributed by atoms with Crippen LogP contribution >= 0.6 is 0 Å². The second kappa shape index (κ2) is 53.5. The van der Waals surface area contributed by atoms with E-state index in [9.17, 15) is 81.2 Å². The summed E-state index contributed by atoms with van der Waals surface area (Å²) in [7, 11) is 2.70.